The monoisotopic (exact) mass is 693 g/mol. The number of carbonyl (C=O) groups excluding carboxylic acids is 2. The first-order valence-corrected chi connectivity index (χ1v) is 22.3. The topological polar surface area (TPSA) is 58.2 Å². The molecule has 0 atom stereocenters. The summed E-state index contributed by atoms with van der Waals surface area (Å²) in [5, 5.41) is 6.27. The first-order chi connectivity index (χ1) is 23.9. The van der Waals surface area contributed by atoms with Gasteiger partial charge in [0.2, 0.25) is 11.8 Å². The molecule has 5 heteroatoms. The standard InChI is InChI=1S/C44H89N3O2/c1-5-7-9-11-13-15-17-19-21-23-25-27-29-31-33-37-43(48)45-39-35-41-47(3,4)42-36-40-46-44(49)38-34-32-30-28-26-24-22-20-18-16-14-12-10-8-6-2/h5-42H2,1-4H3,(H-,45,46,48,49)/p+1. The Balaban J connectivity index is 3.45. The number of carbonyl (C=O) groups is 2. The number of quaternary nitrogens is 1. The third-order valence-corrected chi connectivity index (χ3v) is 10.5. The highest BCUT2D eigenvalue weighted by Gasteiger charge is 2.14. The van der Waals surface area contributed by atoms with Gasteiger partial charge < -0.3 is 15.1 Å². The summed E-state index contributed by atoms with van der Waals surface area (Å²) in [5.41, 5.74) is 0. The summed E-state index contributed by atoms with van der Waals surface area (Å²) in [5.74, 6) is 0.439. The van der Waals surface area contributed by atoms with Gasteiger partial charge in [-0.3, -0.25) is 9.59 Å². The number of nitrogens with zero attached hydrogens (tertiary/aromatic N) is 1. The van der Waals surface area contributed by atoms with Gasteiger partial charge in [-0.2, -0.15) is 0 Å². The minimum absolute atomic E-state index is 0.219. The van der Waals surface area contributed by atoms with Gasteiger partial charge in [0, 0.05) is 38.8 Å². The molecular formula is C44H90N3O2+. The van der Waals surface area contributed by atoms with Crippen LogP contribution in [0.3, 0.4) is 0 Å². The van der Waals surface area contributed by atoms with Crippen molar-refractivity contribution in [2.75, 3.05) is 40.3 Å². The van der Waals surface area contributed by atoms with E-state index in [1.54, 1.807) is 0 Å². The molecule has 0 aliphatic rings. The molecule has 2 N–H and O–H groups in total. The van der Waals surface area contributed by atoms with Gasteiger partial charge in [-0.15, -0.1) is 0 Å². The molecule has 0 saturated heterocycles. The second-order valence-electron chi connectivity index (χ2n) is 16.2. The Morgan fingerprint density at radius 3 is 0.816 bits per heavy atom. The van der Waals surface area contributed by atoms with Crippen LogP contribution in [0.25, 0.3) is 0 Å². The van der Waals surface area contributed by atoms with Gasteiger partial charge in [-0.25, -0.2) is 0 Å². The molecule has 0 aromatic carbocycles. The Labute approximate surface area is 308 Å². The van der Waals surface area contributed by atoms with Gasteiger partial charge in [-0.1, -0.05) is 194 Å². The summed E-state index contributed by atoms with van der Waals surface area (Å²) in [4.78, 5) is 24.5. The molecule has 0 unspecified atom stereocenters. The summed E-state index contributed by atoms with van der Waals surface area (Å²) < 4.78 is 0.934. The summed E-state index contributed by atoms with van der Waals surface area (Å²) in [6.45, 7) is 8.22. The fourth-order valence-electron chi connectivity index (χ4n) is 7.07. The van der Waals surface area contributed by atoms with E-state index in [0.29, 0.717) is 12.8 Å². The van der Waals surface area contributed by atoms with Crippen LogP contribution in [-0.2, 0) is 9.59 Å². The number of hydrogen-bond donors (Lipinski definition) is 2. The van der Waals surface area contributed by atoms with E-state index < -0.39 is 0 Å². The van der Waals surface area contributed by atoms with Crippen molar-refractivity contribution in [1.29, 1.82) is 0 Å². The summed E-state index contributed by atoms with van der Waals surface area (Å²) in [6, 6.07) is 0. The lowest BCUT2D eigenvalue weighted by molar-refractivity contribution is -0.890. The molecule has 0 saturated carbocycles. The SMILES string of the molecule is CCCCCCCCCCCCCCCCCC(=O)NCCC[N+](C)(C)CCCNC(=O)CCCCCCCCCCCCCCCCC. The maximum absolute atomic E-state index is 12.2. The van der Waals surface area contributed by atoms with E-state index in [9.17, 15) is 9.59 Å². The molecule has 0 aromatic rings. The van der Waals surface area contributed by atoms with Crippen molar-refractivity contribution in [3.8, 4) is 0 Å². The average Bonchev–Trinajstić information content (AvgIpc) is 3.08. The zero-order valence-corrected chi connectivity index (χ0v) is 34.1. The van der Waals surface area contributed by atoms with Crippen LogP contribution in [0.4, 0.5) is 0 Å². The van der Waals surface area contributed by atoms with Gasteiger partial charge >= 0.3 is 0 Å². The van der Waals surface area contributed by atoms with Crippen molar-refractivity contribution in [3.05, 3.63) is 0 Å². The Morgan fingerprint density at radius 2 is 0.571 bits per heavy atom. The summed E-state index contributed by atoms with van der Waals surface area (Å²) in [7, 11) is 4.52. The van der Waals surface area contributed by atoms with Crippen molar-refractivity contribution in [2.24, 2.45) is 0 Å². The molecule has 0 bridgehead atoms. The predicted molar refractivity (Wildman–Crippen MR) is 216 cm³/mol. The van der Waals surface area contributed by atoms with Crippen LogP contribution in [0.1, 0.15) is 232 Å². The van der Waals surface area contributed by atoms with E-state index in [4.69, 9.17) is 0 Å². The predicted octanol–water partition coefficient (Wildman–Crippen LogP) is 12.6. The van der Waals surface area contributed by atoms with Crippen molar-refractivity contribution < 1.29 is 14.1 Å². The number of nitrogens with one attached hydrogen (secondary N) is 2. The highest BCUT2D eigenvalue weighted by molar-refractivity contribution is 5.76. The van der Waals surface area contributed by atoms with Crippen LogP contribution in [0.5, 0.6) is 0 Å². The third-order valence-electron chi connectivity index (χ3n) is 10.5. The smallest absolute Gasteiger partial charge is 0.219 e. The van der Waals surface area contributed by atoms with Gasteiger partial charge in [0.15, 0.2) is 0 Å². The number of amides is 2. The van der Waals surface area contributed by atoms with Gasteiger partial charge in [-0.05, 0) is 12.8 Å². The lowest BCUT2D eigenvalue weighted by atomic mass is 10.0. The Morgan fingerprint density at radius 1 is 0.347 bits per heavy atom. The molecule has 292 valence electrons. The van der Waals surface area contributed by atoms with E-state index in [0.717, 1.165) is 56.3 Å². The summed E-state index contributed by atoms with van der Waals surface area (Å²) in [6.07, 6.45) is 44.0. The molecule has 0 spiro atoms. The minimum Gasteiger partial charge on any atom is -0.356 e. The minimum atomic E-state index is 0.219. The van der Waals surface area contributed by atoms with Crippen molar-refractivity contribution in [3.63, 3.8) is 0 Å². The van der Waals surface area contributed by atoms with Crippen molar-refractivity contribution in [1.82, 2.24) is 10.6 Å². The van der Waals surface area contributed by atoms with Gasteiger partial charge in [0.1, 0.15) is 0 Å². The highest BCUT2D eigenvalue weighted by atomic mass is 16.2. The number of unbranched alkanes of at least 4 members (excludes halogenated alkanes) is 28. The molecule has 0 radical (unpaired) electrons. The highest BCUT2D eigenvalue weighted by Crippen LogP contribution is 2.15. The van der Waals surface area contributed by atoms with Gasteiger partial charge in [0.05, 0.1) is 27.2 Å². The lowest BCUT2D eigenvalue weighted by Crippen LogP contribution is -2.43. The molecule has 0 aliphatic carbocycles. The zero-order chi connectivity index (χ0) is 35.9. The Hall–Kier alpha value is -1.10. The average molecular weight is 693 g/mol. The van der Waals surface area contributed by atoms with Crippen LogP contribution in [-0.4, -0.2) is 56.6 Å². The number of rotatable bonds is 40. The van der Waals surface area contributed by atoms with Crippen LogP contribution in [0.15, 0.2) is 0 Å². The molecule has 0 aromatic heterocycles. The Bertz CT molecular complexity index is 640. The van der Waals surface area contributed by atoms with E-state index in [1.807, 2.05) is 0 Å². The third kappa shape index (κ3) is 39.5. The normalized spacial score (nSPS) is 11.7. The largest absolute Gasteiger partial charge is 0.356 e. The molecule has 0 heterocycles. The Kier molecular flexibility index (Phi) is 37.3. The van der Waals surface area contributed by atoms with Crippen LogP contribution < -0.4 is 10.6 Å². The molecular weight excluding hydrogens is 603 g/mol. The van der Waals surface area contributed by atoms with Crippen LogP contribution in [0, 0.1) is 0 Å². The molecule has 49 heavy (non-hydrogen) atoms. The van der Waals surface area contributed by atoms with E-state index in [2.05, 4.69) is 38.6 Å². The van der Waals surface area contributed by atoms with Crippen LogP contribution >= 0.6 is 0 Å². The first-order valence-electron chi connectivity index (χ1n) is 22.3. The molecule has 0 rings (SSSR count). The maximum atomic E-state index is 12.2. The van der Waals surface area contributed by atoms with E-state index in [1.165, 1.54) is 180 Å². The maximum Gasteiger partial charge on any atom is 0.219 e. The quantitative estimate of drug-likeness (QED) is 0.0496. The molecule has 0 aliphatic heterocycles. The van der Waals surface area contributed by atoms with Crippen molar-refractivity contribution >= 4 is 11.8 Å². The second kappa shape index (κ2) is 38.1. The molecule has 2 amide bonds. The van der Waals surface area contributed by atoms with E-state index in [-0.39, 0.29) is 11.8 Å². The number of hydrogen-bond acceptors (Lipinski definition) is 2. The summed E-state index contributed by atoms with van der Waals surface area (Å²) >= 11 is 0. The van der Waals surface area contributed by atoms with Crippen molar-refractivity contribution in [2.45, 2.75) is 232 Å². The van der Waals surface area contributed by atoms with Crippen LogP contribution in [0.2, 0.25) is 0 Å². The molecule has 0 fully saturated rings. The second-order valence-corrected chi connectivity index (χ2v) is 16.2. The van der Waals surface area contributed by atoms with Gasteiger partial charge in [0.25, 0.3) is 0 Å². The fourth-order valence-corrected chi connectivity index (χ4v) is 7.07. The molecule has 5 nitrogen and oxygen atoms in total. The first kappa shape index (κ1) is 47.9. The zero-order valence-electron chi connectivity index (χ0n) is 34.1. The lowest BCUT2D eigenvalue weighted by Gasteiger charge is -2.30. The fraction of sp³-hybridized carbons (Fsp3) is 0.955. The van der Waals surface area contributed by atoms with E-state index >= 15 is 0 Å².